The van der Waals surface area contributed by atoms with Crippen LogP contribution in [0.3, 0.4) is 0 Å². The van der Waals surface area contributed by atoms with Crippen molar-refractivity contribution in [1.29, 1.82) is 0 Å². The number of allylic oxidation sites excluding steroid dienone is 2. The van der Waals surface area contributed by atoms with Crippen LogP contribution >= 0.6 is 0 Å². The number of nitrogens with one attached hydrogen (secondary N) is 1. The Bertz CT molecular complexity index is 248. The molecule has 1 unspecified atom stereocenters. The second-order valence-electron chi connectivity index (χ2n) is 5.67. The van der Waals surface area contributed by atoms with Crippen LogP contribution in [0.4, 0.5) is 0 Å². The average Bonchev–Trinajstić information content (AvgIpc) is 2.05. The summed E-state index contributed by atoms with van der Waals surface area (Å²) in [6, 6.07) is 0.536. The van der Waals surface area contributed by atoms with E-state index in [1.54, 1.807) is 0 Å². The summed E-state index contributed by atoms with van der Waals surface area (Å²) in [7, 11) is 2.10. The molecule has 1 heterocycles. The van der Waals surface area contributed by atoms with Gasteiger partial charge in [0.25, 0.3) is 0 Å². The van der Waals surface area contributed by atoms with E-state index in [4.69, 9.17) is 0 Å². The van der Waals surface area contributed by atoms with E-state index in [2.05, 4.69) is 69.4 Å². The first-order chi connectivity index (χ1) is 6.88. The van der Waals surface area contributed by atoms with E-state index in [1.165, 1.54) is 6.42 Å². The Kier molecular flexibility index (Phi) is 3.97. The van der Waals surface area contributed by atoms with E-state index in [-0.39, 0.29) is 0 Å². The Morgan fingerprint density at radius 3 is 2.53 bits per heavy atom. The van der Waals surface area contributed by atoms with Crippen LogP contribution in [0.2, 0.25) is 0 Å². The molecule has 0 radical (unpaired) electrons. The minimum Gasteiger partial charge on any atom is -0.362 e. The SMILES string of the molecule is C[C@H](CC(C)(C)C)NC1C=CC=CN1C. The van der Waals surface area contributed by atoms with Crippen LogP contribution in [0, 0.1) is 5.41 Å². The van der Waals surface area contributed by atoms with Crippen molar-refractivity contribution in [3.63, 3.8) is 0 Å². The molecule has 0 aliphatic carbocycles. The smallest absolute Gasteiger partial charge is 0.0983 e. The highest BCUT2D eigenvalue weighted by Gasteiger charge is 2.18. The first-order valence-electron chi connectivity index (χ1n) is 5.71. The molecule has 0 spiro atoms. The Labute approximate surface area is 94.0 Å². The normalized spacial score (nSPS) is 23.3. The topological polar surface area (TPSA) is 15.3 Å². The van der Waals surface area contributed by atoms with Crippen LogP contribution in [-0.4, -0.2) is 24.2 Å². The van der Waals surface area contributed by atoms with Crippen LogP contribution in [-0.2, 0) is 0 Å². The lowest BCUT2D eigenvalue weighted by molar-refractivity contribution is 0.253. The van der Waals surface area contributed by atoms with Gasteiger partial charge in [-0.15, -0.1) is 0 Å². The van der Waals surface area contributed by atoms with Gasteiger partial charge in [-0.05, 0) is 30.9 Å². The molecule has 0 saturated carbocycles. The predicted molar refractivity (Wildman–Crippen MR) is 66.5 cm³/mol. The highest BCUT2D eigenvalue weighted by Crippen LogP contribution is 2.21. The van der Waals surface area contributed by atoms with Gasteiger partial charge >= 0.3 is 0 Å². The van der Waals surface area contributed by atoms with Crippen LogP contribution < -0.4 is 5.32 Å². The number of nitrogens with zero attached hydrogens (tertiary/aromatic N) is 1. The molecule has 2 nitrogen and oxygen atoms in total. The number of rotatable bonds is 3. The minimum absolute atomic E-state index is 0.340. The molecule has 1 rings (SSSR count). The Morgan fingerprint density at radius 1 is 1.33 bits per heavy atom. The van der Waals surface area contributed by atoms with Crippen molar-refractivity contribution in [3.05, 3.63) is 24.4 Å². The van der Waals surface area contributed by atoms with Gasteiger partial charge in [0.05, 0.1) is 6.17 Å². The van der Waals surface area contributed by atoms with Crippen LogP contribution in [0.1, 0.15) is 34.1 Å². The van der Waals surface area contributed by atoms with E-state index in [0.29, 0.717) is 17.6 Å². The maximum Gasteiger partial charge on any atom is 0.0983 e. The minimum atomic E-state index is 0.340. The summed E-state index contributed by atoms with van der Waals surface area (Å²) in [6.45, 7) is 9.10. The fourth-order valence-electron chi connectivity index (χ4n) is 2.03. The molecule has 0 aromatic carbocycles. The number of likely N-dealkylation sites (N-methyl/N-ethyl adjacent to an activating group) is 1. The number of hydrogen-bond acceptors (Lipinski definition) is 2. The molecule has 0 aromatic rings. The van der Waals surface area contributed by atoms with E-state index >= 15 is 0 Å². The zero-order valence-electron chi connectivity index (χ0n) is 10.6. The van der Waals surface area contributed by atoms with E-state index in [1.807, 2.05) is 0 Å². The van der Waals surface area contributed by atoms with Crippen molar-refractivity contribution in [2.75, 3.05) is 7.05 Å². The largest absolute Gasteiger partial charge is 0.362 e. The molecule has 0 aromatic heterocycles. The Balaban J connectivity index is 2.41. The quantitative estimate of drug-likeness (QED) is 0.767. The van der Waals surface area contributed by atoms with Crippen LogP contribution in [0.25, 0.3) is 0 Å². The highest BCUT2D eigenvalue weighted by molar-refractivity contribution is 5.12. The average molecular weight is 208 g/mol. The second kappa shape index (κ2) is 4.84. The van der Waals surface area contributed by atoms with Gasteiger partial charge in [-0.3, -0.25) is 5.32 Å². The van der Waals surface area contributed by atoms with Crippen molar-refractivity contribution >= 4 is 0 Å². The van der Waals surface area contributed by atoms with Crippen LogP contribution in [0.5, 0.6) is 0 Å². The molecule has 86 valence electrons. The molecule has 15 heavy (non-hydrogen) atoms. The predicted octanol–water partition coefficient (Wildman–Crippen LogP) is 2.74. The molecule has 2 heteroatoms. The lowest BCUT2D eigenvalue weighted by Gasteiger charge is -2.32. The summed E-state index contributed by atoms with van der Waals surface area (Å²) < 4.78 is 0. The summed E-state index contributed by atoms with van der Waals surface area (Å²) in [4.78, 5) is 2.19. The monoisotopic (exact) mass is 208 g/mol. The summed E-state index contributed by atoms with van der Waals surface area (Å²) in [5.74, 6) is 0. The van der Waals surface area contributed by atoms with Gasteiger partial charge in [-0.2, -0.15) is 0 Å². The summed E-state index contributed by atoms with van der Waals surface area (Å²) in [6.07, 6.45) is 9.98. The van der Waals surface area contributed by atoms with Gasteiger partial charge in [0, 0.05) is 19.3 Å². The molecule has 0 bridgehead atoms. The van der Waals surface area contributed by atoms with Gasteiger partial charge in [-0.1, -0.05) is 26.8 Å². The molecular weight excluding hydrogens is 184 g/mol. The van der Waals surface area contributed by atoms with Gasteiger partial charge < -0.3 is 4.90 Å². The molecule has 0 saturated heterocycles. The Hall–Kier alpha value is -0.760. The van der Waals surface area contributed by atoms with Gasteiger partial charge in [0.1, 0.15) is 0 Å². The zero-order valence-corrected chi connectivity index (χ0v) is 10.6. The molecule has 0 amide bonds. The van der Waals surface area contributed by atoms with E-state index in [9.17, 15) is 0 Å². The maximum absolute atomic E-state index is 3.61. The zero-order chi connectivity index (χ0) is 11.5. The van der Waals surface area contributed by atoms with Crippen molar-refractivity contribution in [2.45, 2.75) is 46.3 Å². The molecular formula is C13H24N2. The first-order valence-corrected chi connectivity index (χ1v) is 5.71. The molecule has 2 atom stereocenters. The second-order valence-corrected chi connectivity index (χ2v) is 5.67. The summed E-state index contributed by atoms with van der Waals surface area (Å²) >= 11 is 0. The first kappa shape index (κ1) is 12.3. The van der Waals surface area contributed by atoms with Crippen molar-refractivity contribution in [1.82, 2.24) is 10.2 Å². The van der Waals surface area contributed by atoms with Crippen molar-refractivity contribution in [3.8, 4) is 0 Å². The van der Waals surface area contributed by atoms with Gasteiger partial charge in [0.2, 0.25) is 0 Å². The molecule has 1 N–H and O–H groups in total. The fourth-order valence-corrected chi connectivity index (χ4v) is 2.03. The van der Waals surface area contributed by atoms with E-state index in [0.717, 1.165) is 0 Å². The molecule has 1 aliphatic heterocycles. The maximum atomic E-state index is 3.61. The third kappa shape index (κ3) is 4.52. The fraction of sp³-hybridized carbons (Fsp3) is 0.692. The molecule has 1 aliphatic rings. The Morgan fingerprint density at radius 2 is 2.00 bits per heavy atom. The summed E-state index contributed by atoms with van der Waals surface area (Å²) in [5.41, 5.74) is 0.388. The van der Waals surface area contributed by atoms with Gasteiger partial charge in [0.15, 0.2) is 0 Å². The third-order valence-corrected chi connectivity index (χ3v) is 2.54. The highest BCUT2D eigenvalue weighted by atomic mass is 15.2. The standard InChI is InChI=1S/C13H24N2/c1-11(10-13(2,3)4)14-12-8-6-7-9-15(12)5/h6-9,11-12,14H,10H2,1-5H3/t11-,12?/m1/s1. The third-order valence-electron chi connectivity index (χ3n) is 2.54. The lowest BCUT2D eigenvalue weighted by atomic mass is 9.88. The molecule has 0 fully saturated rings. The van der Waals surface area contributed by atoms with E-state index < -0.39 is 0 Å². The van der Waals surface area contributed by atoms with Gasteiger partial charge in [-0.25, -0.2) is 0 Å². The summed E-state index contributed by atoms with van der Waals surface area (Å²) in [5, 5.41) is 3.61. The lowest BCUT2D eigenvalue weighted by Crippen LogP contribution is -2.45. The number of hydrogen-bond donors (Lipinski definition) is 1. The van der Waals surface area contributed by atoms with Crippen LogP contribution in [0.15, 0.2) is 24.4 Å². The van der Waals surface area contributed by atoms with Crippen molar-refractivity contribution < 1.29 is 0 Å². The van der Waals surface area contributed by atoms with Crippen molar-refractivity contribution in [2.24, 2.45) is 5.41 Å².